The van der Waals surface area contributed by atoms with E-state index < -0.39 is 11.6 Å². The fraction of sp³-hybridized carbons (Fsp3) is 0.571. The van der Waals surface area contributed by atoms with Crippen LogP contribution in [0.25, 0.3) is 0 Å². The molecule has 0 radical (unpaired) electrons. The highest BCUT2D eigenvalue weighted by Crippen LogP contribution is 2.21. The number of nitrogens with one attached hydrogen (secondary N) is 1. The molecule has 1 N–H and O–H groups in total. The maximum Gasteiger partial charge on any atom is 0.248 e. The Labute approximate surface area is 118 Å². The van der Waals surface area contributed by atoms with Gasteiger partial charge < -0.3 is 10.2 Å². The van der Waals surface area contributed by atoms with Crippen LogP contribution in [0.3, 0.4) is 0 Å². The van der Waals surface area contributed by atoms with Crippen LogP contribution in [0, 0.1) is 6.92 Å². The van der Waals surface area contributed by atoms with E-state index >= 15 is 0 Å². The van der Waals surface area contributed by atoms with Crippen LogP contribution in [0.4, 0.5) is 0 Å². The number of hydrogen-bond donors (Lipinski definition) is 1. The lowest BCUT2D eigenvalue weighted by Crippen LogP contribution is -2.67. The first-order valence-electron chi connectivity index (χ1n) is 6.76. The quantitative estimate of drug-likeness (QED) is 0.886. The second-order valence-corrected chi connectivity index (χ2v) is 5.57. The summed E-state index contributed by atoms with van der Waals surface area (Å²) in [6, 6.07) is 1.33. The Morgan fingerprint density at radius 1 is 1.40 bits per heavy atom. The Bertz CT molecular complexity index is 542. The molecule has 0 bridgehead atoms. The standard InChI is InChI=1S/C14H20N4O2/c1-5-11-12(19)17-14(3,4)13(20)18(11)8-10-6-7-15-9(2)16-10/h6-7,11H,5,8H2,1-4H3,(H,17,19). The van der Waals surface area contributed by atoms with E-state index in [0.717, 1.165) is 5.69 Å². The number of hydrogen-bond acceptors (Lipinski definition) is 4. The van der Waals surface area contributed by atoms with Crippen LogP contribution in [0.1, 0.15) is 38.7 Å². The molecule has 1 aliphatic heterocycles. The van der Waals surface area contributed by atoms with Crippen LogP contribution in [0.5, 0.6) is 0 Å². The lowest BCUT2D eigenvalue weighted by molar-refractivity contribution is -0.154. The van der Waals surface area contributed by atoms with Gasteiger partial charge >= 0.3 is 0 Å². The zero-order valence-electron chi connectivity index (χ0n) is 12.3. The molecule has 0 aliphatic carbocycles. The molecule has 1 aromatic heterocycles. The van der Waals surface area contributed by atoms with Crippen molar-refractivity contribution < 1.29 is 9.59 Å². The molecule has 6 nitrogen and oxygen atoms in total. The van der Waals surface area contributed by atoms with Crippen LogP contribution in [-0.2, 0) is 16.1 Å². The van der Waals surface area contributed by atoms with Gasteiger partial charge in [0.15, 0.2) is 0 Å². The molecule has 2 rings (SSSR count). The van der Waals surface area contributed by atoms with E-state index in [9.17, 15) is 9.59 Å². The highest BCUT2D eigenvalue weighted by Gasteiger charge is 2.44. The first-order chi connectivity index (χ1) is 9.35. The number of carbonyl (C=O) groups excluding carboxylic acids is 2. The zero-order chi connectivity index (χ0) is 14.9. The summed E-state index contributed by atoms with van der Waals surface area (Å²) >= 11 is 0. The fourth-order valence-electron chi connectivity index (χ4n) is 2.44. The monoisotopic (exact) mass is 276 g/mol. The number of nitrogens with zero attached hydrogens (tertiary/aromatic N) is 3. The molecule has 0 saturated carbocycles. The summed E-state index contributed by atoms with van der Waals surface area (Å²) in [5.74, 6) is 0.465. The first-order valence-corrected chi connectivity index (χ1v) is 6.76. The van der Waals surface area contributed by atoms with Crippen molar-refractivity contribution in [3.8, 4) is 0 Å². The Morgan fingerprint density at radius 3 is 2.70 bits per heavy atom. The average Bonchev–Trinajstić information content (AvgIpc) is 2.35. The van der Waals surface area contributed by atoms with Crippen molar-refractivity contribution in [2.75, 3.05) is 0 Å². The number of aromatic nitrogens is 2. The summed E-state index contributed by atoms with van der Waals surface area (Å²) in [6.45, 7) is 7.47. The highest BCUT2D eigenvalue weighted by molar-refractivity contribution is 5.99. The molecule has 1 atom stereocenters. The molecule has 2 heterocycles. The third kappa shape index (κ3) is 2.64. The fourth-order valence-corrected chi connectivity index (χ4v) is 2.44. The lowest BCUT2D eigenvalue weighted by atomic mass is 9.95. The SMILES string of the molecule is CCC1C(=O)NC(C)(C)C(=O)N1Cc1ccnc(C)n1. The smallest absolute Gasteiger partial charge is 0.248 e. The molecule has 1 saturated heterocycles. The van der Waals surface area contributed by atoms with Gasteiger partial charge in [-0.05, 0) is 33.3 Å². The summed E-state index contributed by atoms with van der Waals surface area (Å²) in [6.07, 6.45) is 2.25. The van der Waals surface area contributed by atoms with Gasteiger partial charge in [0.2, 0.25) is 11.8 Å². The molecule has 1 fully saturated rings. The van der Waals surface area contributed by atoms with Gasteiger partial charge in [-0.15, -0.1) is 0 Å². The van der Waals surface area contributed by atoms with Gasteiger partial charge in [0.1, 0.15) is 17.4 Å². The third-order valence-electron chi connectivity index (χ3n) is 3.46. The van der Waals surface area contributed by atoms with Crippen molar-refractivity contribution in [3.05, 3.63) is 23.8 Å². The molecule has 108 valence electrons. The third-order valence-corrected chi connectivity index (χ3v) is 3.46. The van der Waals surface area contributed by atoms with Crippen LogP contribution < -0.4 is 5.32 Å². The molecular formula is C14H20N4O2. The van der Waals surface area contributed by atoms with Crippen molar-refractivity contribution in [2.45, 2.75) is 52.2 Å². The highest BCUT2D eigenvalue weighted by atomic mass is 16.2. The Morgan fingerprint density at radius 2 is 2.10 bits per heavy atom. The van der Waals surface area contributed by atoms with Gasteiger partial charge in [-0.1, -0.05) is 6.92 Å². The maximum atomic E-state index is 12.5. The number of aryl methyl sites for hydroxylation is 1. The van der Waals surface area contributed by atoms with Crippen molar-refractivity contribution in [2.24, 2.45) is 0 Å². The molecular weight excluding hydrogens is 256 g/mol. The second kappa shape index (κ2) is 5.19. The Hall–Kier alpha value is -1.98. The van der Waals surface area contributed by atoms with E-state index in [1.54, 1.807) is 37.9 Å². The van der Waals surface area contributed by atoms with E-state index in [-0.39, 0.29) is 11.8 Å². The van der Waals surface area contributed by atoms with E-state index in [2.05, 4.69) is 15.3 Å². The van der Waals surface area contributed by atoms with Crippen molar-refractivity contribution in [3.63, 3.8) is 0 Å². The van der Waals surface area contributed by atoms with Gasteiger partial charge in [0.25, 0.3) is 0 Å². The summed E-state index contributed by atoms with van der Waals surface area (Å²) in [7, 11) is 0. The van der Waals surface area contributed by atoms with Gasteiger partial charge in [-0.3, -0.25) is 9.59 Å². The molecule has 2 amide bonds. The van der Waals surface area contributed by atoms with Crippen molar-refractivity contribution >= 4 is 11.8 Å². The van der Waals surface area contributed by atoms with E-state index in [1.165, 1.54) is 0 Å². The largest absolute Gasteiger partial charge is 0.340 e. The van der Waals surface area contributed by atoms with Crippen LogP contribution >= 0.6 is 0 Å². The van der Waals surface area contributed by atoms with Gasteiger partial charge in [0.05, 0.1) is 12.2 Å². The molecule has 0 spiro atoms. The van der Waals surface area contributed by atoms with E-state index in [0.29, 0.717) is 18.8 Å². The van der Waals surface area contributed by atoms with Crippen LogP contribution in [-0.4, -0.2) is 38.3 Å². The summed E-state index contributed by atoms with van der Waals surface area (Å²) < 4.78 is 0. The number of rotatable bonds is 3. The second-order valence-electron chi connectivity index (χ2n) is 5.57. The average molecular weight is 276 g/mol. The van der Waals surface area contributed by atoms with Gasteiger partial charge in [-0.2, -0.15) is 0 Å². The molecule has 0 aromatic carbocycles. The summed E-state index contributed by atoms with van der Waals surface area (Å²) in [5.41, 5.74) is -0.125. The Kier molecular flexibility index (Phi) is 3.74. The number of piperazine rings is 1. The maximum absolute atomic E-state index is 12.5. The van der Waals surface area contributed by atoms with E-state index in [4.69, 9.17) is 0 Å². The van der Waals surface area contributed by atoms with Crippen LogP contribution in [0.15, 0.2) is 12.3 Å². The molecule has 1 aliphatic rings. The number of amides is 2. The molecule has 20 heavy (non-hydrogen) atoms. The minimum Gasteiger partial charge on any atom is -0.340 e. The first kappa shape index (κ1) is 14.4. The zero-order valence-corrected chi connectivity index (χ0v) is 12.3. The minimum atomic E-state index is -0.870. The predicted octanol–water partition coefficient (Wildman–Crippen LogP) is 0.801. The molecule has 6 heteroatoms. The predicted molar refractivity (Wildman–Crippen MR) is 73.6 cm³/mol. The van der Waals surface area contributed by atoms with Crippen molar-refractivity contribution in [1.29, 1.82) is 0 Å². The molecule has 1 aromatic rings. The Balaban J connectivity index is 2.30. The van der Waals surface area contributed by atoms with Gasteiger partial charge in [-0.25, -0.2) is 9.97 Å². The molecule has 1 unspecified atom stereocenters. The van der Waals surface area contributed by atoms with Crippen molar-refractivity contribution in [1.82, 2.24) is 20.2 Å². The topological polar surface area (TPSA) is 75.2 Å². The normalized spacial score (nSPS) is 21.8. The summed E-state index contributed by atoms with van der Waals surface area (Å²) in [4.78, 5) is 34.6. The number of carbonyl (C=O) groups is 2. The lowest BCUT2D eigenvalue weighted by Gasteiger charge is -2.42. The summed E-state index contributed by atoms with van der Waals surface area (Å²) in [5, 5.41) is 2.77. The van der Waals surface area contributed by atoms with E-state index in [1.807, 2.05) is 6.92 Å². The minimum absolute atomic E-state index is 0.0831. The van der Waals surface area contributed by atoms with Gasteiger partial charge in [0, 0.05) is 6.20 Å². The van der Waals surface area contributed by atoms with Crippen LogP contribution in [0.2, 0.25) is 0 Å².